The van der Waals surface area contributed by atoms with Gasteiger partial charge in [-0.2, -0.15) is 0 Å². The van der Waals surface area contributed by atoms with Crippen molar-refractivity contribution in [1.29, 1.82) is 0 Å². The molecule has 0 aromatic carbocycles. The first-order valence-electron chi connectivity index (χ1n) is 3.42. The van der Waals surface area contributed by atoms with Crippen molar-refractivity contribution in [3.8, 4) is 0 Å². The quantitative estimate of drug-likeness (QED) is 0.477. The molecule has 0 aromatic rings. The summed E-state index contributed by atoms with van der Waals surface area (Å²) in [5.41, 5.74) is 0. The minimum Gasteiger partial charge on any atom is -0.478 e. The first-order valence-corrected chi connectivity index (χ1v) is 3.42. The van der Waals surface area contributed by atoms with Gasteiger partial charge in [-0.25, -0.2) is 9.59 Å². The Kier molecular flexibility index (Phi) is 5.34. The zero-order valence-electron chi connectivity index (χ0n) is 6.43. The average molecular weight is 170 g/mol. The molecule has 4 heteroatoms. The number of hydrogen-bond donors (Lipinski definition) is 2. The average Bonchev–Trinajstić information content (AvgIpc) is 1.95. The highest BCUT2D eigenvalue weighted by atomic mass is 16.4. The molecule has 12 heavy (non-hydrogen) atoms. The van der Waals surface area contributed by atoms with E-state index in [2.05, 4.69) is 0 Å². The minimum atomic E-state index is -0.989. The van der Waals surface area contributed by atoms with E-state index in [-0.39, 0.29) is 0 Å². The van der Waals surface area contributed by atoms with E-state index >= 15 is 0 Å². The number of hydrogen-bond acceptors (Lipinski definition) is 2. The fourth-order valence-electron chi connectivity index (χ4n) is 0.561. The number of rotatable bonds is 5. The van der Waals surface area contributed by atoms with Crippen molar-refractivity contribution in [3.63, 3.8) is 0 Å². The Morgan fingerprint density at radius 1 is 0.917 bits per heavy atom. The molecule has 0 fully saturated rings. The van der Waals surface area contributed by atoms with Crippen LogP contribution in [-0.4, -0.2) is 22.2 Å². The van der Waals surface area contributed by atoms with E-state index in [0.717, 1.165) is 12.2 Å². The zero-order valence-corrected chi connectivity index (χ0v) is 6.43. The third kappa shape index (κ3) is 8.42. The zero-order chi connectivity index (χ0) is 9.40. The Morgan fingerprint density at radius 3 is 1.50 bits per heavy atom. The van der Waals surface area contributed by atoms with Gasteiger partial charge in [0.05, 0.1) is 0 Å². The normalized spacial score (nSPS) is 11.0. The molecule has 0 amide bonds. The van der Waals surface area contributed by atoms with Crippen LogP contribution in [0.2, 0.25) is 0 Å². The number of unbranched alkanes of at least 4 members (excludes halogenated alkanes) is 1. The largest absolute Gasteiger partial charge is 0.478 e. The summed E-state index contributed by atoms with van der Waals surface area (Å²) in [5, 5.41) is 16.3. The molecule has 0 spiro atoms. The lowest BCUT2D eigenvalue weighted by Gasteiger charge is -1.84. The standard InChI is InChI=1S/C8H10O4/c9-7(10)5-3-1-2-4-6-8(11)12/h3-6H,1-2H2,(H,9,10)(H,11,12). The topological polar surface area (TPSA) is 74.6 Å². The highest BCUT2D eigenvalue weighted by Crippen LogP contribution is 1.92. The maximum Gasteiger partial charge on any atom is 0.327 e. The molecular formula is C8H10O4. The number of allylic oxidation sites excluding steroid dienone is 2. The summed E-state index contributed by atoms with van der Waals surface area (Å²) in [6, 6.07) is 0. The van der Waals surface area contributed by atoms with Gasteiger partial charge < -0.3 is 10.2 Å². The van der Waals surface area contributed by atoms with Crippen LogP contribution in [0.3, 0.4) is 0 Å². The molecule has 0 saturated heterocycles. The van der Waals surface area contributed by atoms with Crippen molar-refractivity contribution < 1.29 is 19.8 Å². The Bertz CT molecular complexity index is 191. The number of carboxylic acids is 2. The maximum absolute atomic E-state index is 9.94. The summed E-state index contributed by atoms with van der Waals surface area (Å²) >= 11 is 0. The Hall–Kier alpha value is -1.58. The summed E-state index contributed by atoms with van der Waals surface area (Å²) in [6.45, 7) is 0. The van der Waals surface area contributed by atoms with Gasteiger partial charge in [-0.15, -0.1) is 0 Å². The monoisotopic (exact) mass is 170 g/mol. The number of carbonyl (C=O) groups is 2. The molecule has 2 N–H and O–H groups in total. The predicted molar refractivity (Wildman–Crippen MR) is 42.8 cm³/mol. The molecule has 0 aliphatic rings. The SMILES string of the molecule is O=C(O)C=CCCC=CC(=O)O. The van der Waals surface area contributed by atoms with Crippen LogP contribution in [0.15, 0.2) is 24.3 Å². The number of carboxylic acid groups (broad SMARTS) is 2. The van der Waals surface area contributed by atoms with Crippen molar-refractivity contribution in [1.82, 2.24) is 0 Å². The molecule has 4 nitrogen and oxygen atoms in total. The first kappa shape index (κ1) is 10.4. The van der Waals surface area contributed by atoms with Gasteiger partial charge in [-0.05, 0) is 12.8 Å². The first-order chi connectivity index (χ1) is 5.63. The van der Waals surface area contributed by atoms with Crippen molar-refractivity contribution in [3.05, 3.63) is 24.3 Å². The van der Waals surface area contributed by atoms with E-state index in [1.54, 1.807) is 0 Å². The summed E-state index contributed by atoms with van der Waals surface area (Å²) in [4.78, 5) is 19.9. The van der Waals surface area contributed by atoms with E-state index in [1.807, 2.05) is 0 Å². The predicted octanol–water partition coefficient (Wildman–Crippen LogP) is 1.05. The van der Waals surface area contributed by atoms with Gasteiger partial charge in [0.15, 0.2) is 0 Å². The van der Waals surface area contributed by atoms with Crippen molar-refractivity contribution in [2.24, 2.45) is 0 Å². The van der Waals surface area contributed by atoms with Crippen LogP contribution < -0.4 is 0 Å². The number of aliphatic carboxylic acids is 2. The Labute approximate surface area is 69.8 Å². The summed E-state index contributed by atoms with van der Waals surface area (Å²) in [5.74, 6) is -1.98. The highest BCUT2D eigenvalue weighted by molar-refractivity contribution is 5.80. The maximum atomic E-state index is 9.94. The van der Waals surface area contributed by atoms with Gasteiger partial charge >= 0.3 is 11.9 Å². The van der Waals surface area contributed by atoms with Gasteiger partial charge in [0, 0.05) is 12.2 Å². The lowest BCUT2D eigenvalue weighted by atomic mass is 10.2. The van der Waals surface area contributed by atoms with E-state index in [9.17, 15) is 9.59 Å². The van der Waals surface area contributed by atoms with E-state index < -0.39 is 11.9 Å². The molecule has 0 atom stereocenters. The van der Waals surface area contributed by atoms with Gasteiger partial charge in [0.2, 0.25) is 0 Å². The second-order valence-corrected chi connectivity index (χ2v) is 2.06. The van der Waals surface area contributed by atoms with Crippen LogP contribution in [-0.2, 0) is 9.59 Å². The molecule has 0 heterocycles. The van der Waals surface area contributed by atoms with Crippen LogP contribution in [0.5, 0.6) is 0 Å². The molecule has 0 unspecified atom stereocenters. The Balaban J connectivity index is 3.45. The molecule has 0 bridgehead atoms. The van der Waals surface area contributed by atoms with Crippen LogP contribution in [0.1, 0.15) is 12.8 Å². The fraction of sp³-hybridized carbons (Fsp3) is 0.250. The van der Waals surface area contributed by atoms with Crippen LogP contribution in [0.25, 0.3) is 0 Å². The second-order valence-electron chi connectivity index (χ2n) is 2.06. The van der Waals surface area contributed by atoms with Gasteiger partial charge in [-0.3, -0.25) is 0 Å². The van der Waals surface area contributed by atoms with Crippen LogP contribution >= 0.6 is 0 Å². The van der Waals surface area contributed by atoms with Gasteiger partial charge in [0.25, 0.3) is 0 Å². The van der Waals surface area contributed by atoms with Gasteiger partial charge in [-0.1, -0.05) is 12.2 Å². The summed E-state index contributed by atoms with van der Waals surface area (Å²) < 4.78 is 0. The van der Waals surface area contributed by atoms with Gasteiger partial charge in [0.1, 0.15) is 0 Å². The van der Waals surface area contributed by atoms with E-state index in [4.69, 9.17) is 10.2 Å². The van der Waals surface area contributed by atoms with E-state index in [1.165, 1.54) is 12.2 Å². The molecule has 66 valence electrons. The summed E-state index contributed by atoms with van der Waals surface area (Å²) in [7, 11) is 0. The van der Waals surface area contributed by atoms with Crippen LogP contribution in [0.4, 0.5) is 0 Å². The molecule has 0 saturated carbocycles. The molecule has 0 radical (unpaired) electrons. The van der Waals surface area contributed by atoms with Crippen molar-refractivity contribution in [2.75, 3.05) is 0 Å². The molecular weight excluding hydrogens is 160 g/mol. The third-order valence-corrected chi connectivity index (χ3v) is 1.02. The Morgan fingerprint density at radius 2 is 1.25 bits per heavy atom. The smallest absolute Gasteiger partial charge is 0.327 e. The van der Waals surface area contributed by atoms with E-state index in [0.29, 0.717) is 12.8 Å². The fourth-order valence-corrected chi connectivity index (χ4v) is 0.561. The minimum absolute atomic E-state index is 0.538. The summed E-state index contributed by atoms with van der Waals surface area (Å²) in [6.07, 6.45) is 6.11. The van der Waals surface area contributed by atoms with Crippen LogP contribution in [0, 0.1) is 0 Å². The third-order valence-electron chi connectivity index (χ3n) is 1.02. The van der Waals surface area contributed by atoms with Crippen molar-refractivity contribution >= 4 is 11.9 Å². The van der Waals surface area contributed by atoms with Crippen molar-refractivity contribution in [2.45, 2.75) is 12.8 Å². The molecule has 0 rings (SSSR count). The lowest BCUT2D eigenvalue weighted by molar-refractivity contribution is -0.132. The molecule has 0 aromatic heterocycles. The lowest BCUT2D eigenvalue weighted by Crippen LogP contribution is -1.86. The second kappa shape index (κ2) is 6.15. The molecule has 0 aliphatic heterocycles. The molecule has 0 aliphatic carbocycles. The highest BCUT2D eigenvalue weighted by Gasteiger charge is 1.85.